The molecule has 0 spiro atoms. The van der Waals surface area contributed by atoms with E-state index in [1.807, 2.05) is 0 Å². The number of ether oxygens (including phenoxy) is 2. The summed E-state index contributed by atoms with van der Waals surface area (Å²) in [6, 6.07) is 24.6. The average Bonchev–Trinajstić information content (AvgIpc) is 3.46. The second-order valence-electron chi connectivity index (χ2n) is 10.6. The Balaban J connectivity index is 1.57. The van der Waals surface area contributed by atoms with Gasteiger partial charge in [0.25, 0.3) is 5.91 Å². The van der Waals surface area contributed by atoms with Gasteiger partial charge in [-0.1, -0.05) is 52.3 Å². The Morgan fingerprint density at radius 2 is 1.72 bits per heavy atom. The number of hydrogen-bond donors (Lipinski definition) is 2. The van der Waals surface area contributed by atoms with E-state index < -0.39 is 44.8 Å². The number of carbonyl (C=O) groups excluding carboxylic acids is 1. The molecule has 1 heterocycles. The van der Waals surface area contributed by atoms with Gasteiger partial charge in [-0.2, -0.15) is 0 Å². The molecule has 1 aliphatic heterocycles. The van der Waals surface area contributed by atoms with Crippen molar-refractivity contribution in [2.24, 2.45) is 4.99 Å². The van der Waals surface area contributed by atoms with Gasteiger partial charge in [0.1, 0.15) is 17.4 Å². The van der Waals surface area contributed by atoms with Crippen LogP contribution >= 0.6 is 15.9 Å². The molecule has 4 aromatic carbocycles. The van der Waals surface area contributed by atoms with Crippen LogP contribution in [0.5, 0.6) is 5.75 Å². The quantitative estimate of drug-likeness (QED) is 0.166. The number of aliphatic hydroxyl groups excluding tert-OH is 1. The Morgan fingerprint density at radius 1 is 1.00 bits per heavy atom. The molecule has 0 radical (unpaired) electrons. The number of nitrogens with zero attached hydrogens (tertiary/aromatic N) is 1. The number of nitrogens with one attached hydrogen (secondary N) is 1. The Kier molecular flexibility index (Phi) is 10.5. The standard InChI is InChI=1S/C34H31BrF2N2O6S/c35-29-10-5-4-9-28(29)31-34(17-20-46(42,43)27-7-2-1-3-8-27,33(41)38-22-24-21-25(36)13-16-30(24)37)39-32(45-31)23-11-14-26(15-12-23)44-19-6-18-40/h1-5,7-16,21,31,40H,6,17-20,22H2,(H,38,41)/t31-,34-/m1/s1. The molecule has 0 aliphatic carbocycles. The summed E-state index contributed by atoms with van der Waals surface area (Å²) in [5, 5.41) is 11.7. The summed E-state index contributed by atoms with van der Waals surface area (Å²) in [7, 11) is -3.87. The number of hydrogen-bond acceptors (Lipinski definition) is 7. The molecule has 0 bridgehead atoms. The zero-order valence-electron chi connectivity index (χ0n) is 24.5. The molecule has 0 saturated carbocycles. The van der Waals surface area contributed by atoms with Crippen molar-refractivity contribution in [1.82, 2.24) is 5.32 Å². The zero-order chi connectivity index (χ0) is 32.7. The van der Waals surface area contributed by atoms with Crippen molar-refractivity contribution in [2.75, 3.05) is 19.0 Å². The molecule has 240 valence electrons. The van der Waals surface area contributed by atoms with Gasteiger partial charge < -0.3 is 19.9 Å². The molecular weight excluding hydrogens is 682 g/mol. The minimum atomic E-state index is -3.87. The first kappa shape index (κ1) is 33.2. The van der Waals surface area contributed by atoms with Crippen LogP contribution in [0.2, 0.25) is 0 Å². The molecule has 0 aromatic heterocycles. The maximum atomic E-state index is 14.5. The van der Waals surface area contributed by atoms with E-state index in [4.69, 9.17) is 19.6 Å². The second kappa shape index (κ2) is 14.5. The summed E-state index contributed by atoms with van der Waals surface area (Å²) in [5.74, 6) is -1.93. The third-order valence-electron chi connectivity index (χ3n) is 7.52. The lowest BCUT2D eigenvalue weighted by Gasteiger charge is -2.31. The van der Waals surface area contributed by atoms with E-state index >= 15 is 0 Å². The van der Waals surface area contributed by atoms with Gasteiger partial charge in [0.2, 0.25) is 5.90 Å². The normalized spacial score (nSPS) is 17.7. The molecule has 46 heavy (non-hydrogen) atoms. The van der Waals surface area contributed by atoms with Gasteiger partial charge in [0.15, 0.2) is 21.5 Å². The number of aliphatic imine (C=N–C) groups is 1. The summed E-state index contributed by atoms with van der Waals surface area (Å²) in [5.41, 5.74) is -0.878. The van der Waals surface area contributed by atoms with Crippen LogP contribution in [0.3, 0.4) is 0 Å². The van der Waals surface area contributed by atoms with Crippen LogP contribution in [0.15, 0.2) is 111 Å². The highest BCUT2D eigenvalue weighted by molar-refractivity contribution is 9.10. The molecule has 0 saturated heterocycles. The van der Waals surface area contributed by atoms with Crippen molar-refractivity contribution in [3.63, 3.8) is 0 Å². The highest BCUT2D eigenvalue weighted by atomic mass is 79.9. The number of amides is 1. The Labute approximate surface area is 274 Å². The first-order valence-corrected chi connectivity index (χ1v) is 16.9. The number of sulfone groups is 1. The molecule has 12 heteroatoms. The Hall–Kier alpha value is -4.13. The van der Waals surface area contributed by atoms with Gasteiger partial charge in [-0.05, 0) is 60.7 Å². The van der Waals surface area contributed by atoms with Crippen LogP contribution < -0.4 is 10.1 Å². The first-order chi connectivity index (χ1) is 22.1. The van der Waals surface area contributed by atoms with Gasteiger partial charge in [-0.3, -0.25) is 4.79 Å². The smallest absolute Gasteiger partial charge is 0.252 e. The molecule has 5 rings (SSSR count). The van der Waals surface area contributed by atoms with Gasteiger partial charge >= 0.3 is 0 Å². The van der Waals surface area contributed by atoms with E-state index in [0.29, 0.717) is 34.4 Å². The average molecular weight is 714 g/mol. The maximum absolute atomic E-state index is 14.5. The molecule has 1 amide bonds. The Morgan fingerprint density at radius 3 is 2.43 bits per heavy atom. The van der Waals surface area contributed by atoms with Crippen LogP contribution in [0, 0.1) is 11.6 Å². The van der Waals surface area contributed by atoms with E-state index in [9.17, 15) is 22.0 Å². The SMILES string of the molecule is O=C(NCc1cc(F)ccc1F)[C@]1(CCS(=O)(=O)c2ccccc2)N=C(c2ccc(OCCCO)cc2)O[C@@H]1c1ccccc1Br. The molecule has 8 nitrogen and oxygen atoms in total. The minimum Gasteiger partial charge on any atom is -0.494 e. The third kappa shape index (κ3) is 7.46. The maximum Gasteiger partial charge on any atom is 0.252 e. The van der Waals surface area contributed by atoms with Crippen molar-refractivity contribution >= 4 is 37.6 Å². The molecule has 2 N–H and O–H groups in total. The second-order valence-corrected chi connectivity index (χ2v) is 13.6. The lowest BCUT2D eigenvalue weighted by atomic mass is 9.85. The number of halogens is 3. The summed E-state index contributed by atoms with van der Waals surface area (Å²) >= 11 is 3.54. The largest absolute Gasteiger partial charge is 0.494 e. The summed E-state index contributed by atoms with van der Waals surface area (Å²) < 4.78 is 68.0. The molecule has 4 aromatic rings. The topological polar surface area (TPSA) is 114 Å². The summed E-state index contributed by atoms with van der Waals surface area (Å²) in [4.78, 5) is 19.2. The van der Waals surface area contributed by atoms with E-state index in [0.717, 1.165) is 18.2 Å². The number of rotatable bonds is 13. The van der Waals surface area contributed by atoms with Gasteiger partial charge in [0.05, 0.1) is 17.3 Å². The predicted molar refractivity (Wildman–Crippen MR) is 172 cm³/mol. The number of carbonyl (C=O) groups is 1. The highest BCUT2D eigenvalue weighted by Crippen LogP contribution is 2.45. The van der Waals surface area contributed by atoms with Crippen molar-refractivity contribution in [3.8, 4) is 5.75 Å². The molecule has 0 fully saturated rings. The molecule has 0 unspecified atom stereocenters. The predicted octanol–water partition coefficient (Wildman–Crippen LogP) is 5.93. The van der Waals surface area contributed by atoms with Crippen LogP contribution in [0.4, 0.5) is 8.78 Å². The lowest BCUT2D eigenvalue weighted by molar-refractivity contribution is -0.129. The van der Waals surface area contributed by atoms with Crippen molar-refractivity contribution < 1.29 is 36.6 Å². The number of benzene rings is 4. The van der Waals surface area contributed by atoms with E-state index in [1.165, 1.54) is 12.1 Å². The van der Waals surface area contributed by atoms with Crippen molar-refractivity contribution in [1.29, 1.82) is 0 Å². The first-order valence-electron chi connectivity index (χ1n) is 14.5. The monoisotopic (exact) mass is 712 g/mol. The minimum absolute atomic E-state index is 0.00480. The van der Waals surface area contributed by atoms with Crippen molar-refractivity contribution in [2.45, 2.75) is 35.9 Å². The van der Waals surface area contributed by atoms with E-state index in [1.54, 1.807) is 66.7 Å². The molecular formula is C34H31BrF2N2O6S. The van der Waals surface area contributed by atoms with Crippen molar-refractivity contribution in [3.05, 3.63) is 130 Å². The van der Waals surface area contributed by atoms with E-state index in [2.05, 4.69) is 21.2 Å². The summed E-state index contributed by atoms with van der Waals surface area (Å²) in [6.45, 7) is -0.0549. The van der Waals surface area contributed by atoms with Gasteiger partial charge in [-0.25, -0.2) is 22.2 Å². The fourth-order valence-electron chi connectivity index (χ4n) is 5.08. The van der Waals surface area contributed by atoms with Crippen LogP contribution in [0.25, 0.3) is 0 Å². The fraction of sp³-hybridized carbons (Fsp3) is 0.235. The van der Waals surface area contributed by atoms with Crippen LogP contribution in [0.1, 0.15) is 35.6 Å². The van der Waals surface area contributed by atoms with Crippen LogP contribution in [-0.2, 0) is 25.9 Å². The highest BCUT2D eigenvalue weighted by Gasteiger charge is 2.54. The molecule has 1 aliphatic rings. The summed E-state index contributed by atoms with van der Waals surface area (Å²) in [6.07, 6.45) is -0.921. The lowest BCUT2D eigenvalue weighted by Crippen LogP contribution is -2.49. The van der Waals surface area contributed by atoms with E-state index in [-0.39, 0.29) is 35.9 Å². The fourth-order valence-corrected chi connectivity index (χ4v) is 6.96. The Bertz CT molecular complexity index is 1820. The van der Waals surface area contributed by atoms with Gasteiger partial charge in [-0.15, -0.1) is 0 Å². The van der Waals surface area contributed by atoms with Crippen LogP contribution in [-0.4, -0.2) is 49.8 Å². The third-order valence-corrected chi connectivity index (χ3v) is 9.97. The number of aliphatic hydroxyl groups is 1. The molecule has 2 atom stereocenters. The van der Waals surface area contributed by atoms with Gasteiger partial charge in [0, 0.05) is 47.2 Å². The zero-order valence-corrected chi connectivity index (χ0v) is 26.9.